The Morgan fingerprint density at radius 3 is 2.75 bits per heavy atom. The largest absolute Gasteiger partial charge is 0.469 e. The molecule has 4 heteroatoms. The maximum absolute atomic E-state index is 11.1. The molecule has 3 saturated carbocycles. The number of methoxy groups -OCH3 is 1. The Labute approximate surface area is 121 Å². The molecule has 3 N–H and O–H groups in total. The van der Waals surface area contributed by atoms with Crippen LogP contribution in [0.3, 0.4) is 0 Å². The van der Waals surface area contributed by atoms with Gasteiger partial charge in [0.1, 0.15) is 0 Å². The van der Waals surface area contributed by atoms with E-state index >= 15 is 0 Å². The Balaban J connectivity index is 1.41. The zero-order chi connectivity index (χ0) is 14.1. The molecule has 3 fully saturated rings. The zero-order valence-electron chi connectivity index (χ0n) is 12.5. The number of nitrogens with one attached hydrogen (secondary N) is 1. The van der Waals surface area contributed by atoms with E-state index in [9.17, 15) is 4.79 Å². The van der Waals surface area contributed by atoms with Crippen LogP contribution >= 0.6 is 0 Å². The van der Waals surface area contributed by atoms with Gasteiger partial charge in [0.25, 0.3) is 0 Å². The average molecular weight is 280 g/mol. The topological polar surface area (TPSA) is 64.3 Å². The molecular weight excluding hydrogens is 252 g/mol. The molecule has 0 aromatic carbocycles. The highest BCUT2D eigenvalue weighted by Crippen LogP contribution is 2.61. The summed E-state index contributed by atoms with van der Waals surface area (Å²) in [5.74, 6) is 5.33. The van der Waals surface area contributed by atoms with Crippen molar-refractivity contribution >= 4 is 5.97 Å². The smallest absolute Gasteiger partial charge is 0.306 e. The third-order valence-electron chi connectivity index (χ3n) is 6.17. The van der Waals surface area contributed by atoms with Crippen LogP contribution in [-0.4, -0.2) is 32.7 Å². The first kappa shape index (κ1) is 14.3. The lowest BCUT2D eigenvalue weighted by molar-refractivity contribution is -0.140. The fourth-order valence-electron chi connectivity index (χ4n) is 5.36. The van der Waals surface area contributed by atoms with Gasteiger partial charge in [0.05, 0.1) is 13.5 Å². The number of carbonyl (C=O) groups is 1. The van der Waals surface area contributed by atoms with Gasteiger partial charge in [-0.1, -0.05) is 0 Å². The van der Waals surface area contributed by atoms with Crippen LogP contribution in [0.4, 0.5) is 0 Å². The number of fused-ring (bicyclic) bond motifs is 5. The Kier molecular flexibility index (Phi) is 4.32. The third-order valence-corrected chi connectivity index (χ3v) is 6.17. The lowest BCUT2D eigenvalue weighted by atomic mass is 9.76. The van der Waals surface area contributed by atoms with Gasteiger partial charge in [-0.3, -0.25) is 4.79 Å². The van der Waals surface area contributed by atoms with Crippen LogP contribution in [-0.2, 0) is 9.53 Å². The van der Waals surface area contributed by atoms with E-state index in [0.29, 0.717) is 6.42 Å². The highest BCUT2D eigenvalue weighted by molar-refractivity contribution is 5.69. The summed E-state index contributed by atoms with van der Waals surface area (Å²) in [7, 11) is 1.45. The number of rotatable bonds is 6. The molecule has 0 radical (unpaired) electrons. The van der Waals surface area contributed by atoms with Gasteiger partial charge in [0, 0.05) is 6.54 Å². The van der Waals surface area contributed by atoms with E-state index < -0.39 is 0 Å². The van der Waals surface area contributed by atoms with Crippen molar-refractivity contribution in [1.29, 1.82) is 0 Å². The number of esters is 1. The van der Waals surface area contributed by atoms with Crippen molar-refractivity contribution in [2.75, 3.05) is 26.7 Å². The first-order chi connectivity index (χ1) is 9.72. The summed E-state index contributed by atoms with van der Waals surface area (Å²) in [6.07, 6.45) is 6.11. The maximum atomic E-state index is 11.1. The molecule has 0 heterocycles. The quantitative estimate of drug-likeness (QED) is 0.570. The molecule has 20 heavy (non-hydrogen) atoms. The van der Waals surface area contributed by atoms with E-state index in [-0.39, 0.29) is 5.97 Å². The van der Waals surface area contributed by atoms with Crippen LogP contribution in [0.1, 0.15) is 32.1 Å². The van der Waals surface area contributed by atoms with Crippen molar-refractivity contribution in [1.82, 2.24) is 5.32 Å². The van der Waals surface area contributed by atoms with Gasteiger partial charge in [0.15, 0.2) is 0 Å². The monoisotopic (exact) mass is 280 g/mol. The number of hydrogen-bond acceptors (Lipinski definition) is 4. The molecule has 0 aromatic rings. The standard InChI is InChI=1S/C16H28N2O2/c1-20-16(19)2-3-18-9-10-4-13-11-6-12(8-17)14(7-11)15(13)5-10/h10-15,18H,2-9,17H2,1H3. The summed E-state index contributed by atoms with van der Waals surface area (Å²) in [5, 5.41) is 3.43. The van der Waals surface area contributed by atoms with E-state index in [1.54, 1.807) is 0 Å². The summed E-state index contributed by atoms with van der Waals surface area (Å²) in [6, 6.07) is 0. The molecule has 0 aromatic heterocycles. The average Bonchev–Trinajstić information content (AvgIpc) is 3.13. The van der Waals surface area contributed by atoms with E-state index in [2.05, 4.69) is 10.1 Å². The van der Waals surface area contributed by atoms with Crippen molar-refractivity contribution in [2.24, 2.45) is 41.2 Å². The minimum atomic E-state index is -0.121. The molecule has 114 valence electrons. The summed E-state index contributed by atoms with van der Waals surface area (Å²) >= 11 is 0. The summed E-state index contributed by atoms with van der Waals surface area (Å²) < 4.78 is 4.65. The van der Waals surface area contributed by atoms with Gasteiger partial charge >= 0.3 is 5.97 Å². The highest BCUT2D eigenvalue weighted by atomic mass is 16.5. The van der Waals surface area contributed by atoms with Crippen LogP contribution in [0.5, 0.6) is 0 Å². The summed E-state index contributed by atoms with van der Waals surface area (Å²) in [5.41, 5.74) is 5.92. The van der Waals surface area contributed by atoms with Crippen LogP contribution in [0.15, 0.2) is 0 Å². The van der Waals surface area contributed by atoms with Crippen molar-refractivity contribution in [3.63, 3.8) is 0 Å². The molecule has 6 atom stereocenters. The predicted molar refractivity (Wildman–Crippen MR) is 78.0 cm³/mol. The number of carbonyl (C=O) groups excluding carboxylic acids is 1. The van der Waals surface area contributed by atoms with Crippen LogP contribution in [0, 0.1) is 35.5 Å². The Bertz CT molecular complexity index is 358. The van der Waals surface area contributed by atoms with Crippen molar-refractivity contribution in [2.45, 2.75) is 32.1 Å². The summed E-state index contributed by atoms with van der Waals surface area (Å²) in [6.45, 7) is 2.71. The second-order valence-electron chi connectivity index (χ2n) is 7.09. The van der Waals surface area contributed by atoms with Crippen molar-refractivity contribution < 1.29 is 9.53 Å². The molecule has 4 nitrogen and oxygen atoms in total. The second kappa shape index (κ2) is 6.02. The molecule has 0 saturated heterocycles. The normalized spacial score (nSPS) is 41.9. The SMILES string of the molecule is COC(=O)CCNCC1CC2C3CC(CN)C(C3)C2C1. The predicted octanol–water partition coefficient (Wildman–Crippen LogP) is 1.40. The number of nitrogens with two attached hydrogens (primary N) is 1. The molecular formula is C16H28N2O2. The van der Waals surface area contributed by atoms with E-state index in [4.69, 9.17) is 5.73 Å². The van der Waals surface area contributed by atoms with Crippen LogP contribution in [0.2, 0.25) is 0 Å². The Morgan fingerprint density at radius 2 is 2.00 bits per heavy atom. The highest BCUT2D eigenvalue weighted by Gasteiger charge is 2.55. The maximum Gasteiger partial charge on any atom is 0.306 e. The fourth-order valence-corrected chi connectivity index (χ4v) is 5.36. The van der Waals surface area contributed by atoms with Crippen molar-refractivity contribution in [3.05, 3.63) is 0 Å². The lowest BCUT2D eigenvalue weighted by Crippen LogP contribution is -2.29. The van der Waals surface area contributed by atoms with Crippen LogP contribution in [0.25, 0.3) is 0 Å². The van der Waals surface area contributed by atoms with Crippen LogP contribution < -0.4 is 11.1 Å². The minimum Gasteiger partial charge on any atom is -0.469 e. The molecule has 3 aliphatic carbocycles. The van der Waals surface area contributed by atoms with Gasteiger partial charge < -0.3 is 15.8 Å². The Hall–Kier alpha value is -0.610. The molecule has 2 bridgehead atoms. The first-order valence-electron chi connectivity index (χ1n) is 8.20. The molecule has 6 unspecified atom stereocenters. The van der Waals surface area contributed by atoms with E-state index in [1.165, 1.54) is 32.8 Å². The third kappa shape index (κ3) is 2.60. The first-order valence-corrected chi connectivity index (χ1v) is 8.20. The summed E-state index contributed by atoms with van der Waals surface area (Å²) in [4.78, 5) is 11.1. The Morgan fingerprint density at radius 1 is 1.20 bits per heavy atom. The minimum absolute atomic E-state index is 0.121. The molecule has 3 rings (SSSR count). The van der Waals surface area contributed by atoms with E-state index in [1.807, 2.05) is 0 Å². The fraction of sp³-hybridized carbons (Fsp3) is 0.938. The van der Waals surface area contributed by atoms with Gasteiger partial charge in [-0.15, -0.1) is 0 Å². The van der Waals surface area contributed by atoms with Gasteiger partial charge in [-0.2, -0.15) is 0 Å². The second-order valence-corrected chi connectivity index (χ2v) is 7.09. The number of ether oxygens (including phenoxy) is 1. The zero-order valence-corrected chi connectivity index (χ0v) is 12.5. The molecule has 0 spiro atoms. The lowest BCUT2D eigenvalue weighted by Gasteiger charge is -2.30. The van der Waals surface area contributed by atoms with Gasteiger partial charge in [0.2, 0.25) is 0 Å². The molecule has 0 aliphatic heterocycles. The van der Waals surface area contributed by atoms with Gasteiger partial charge in [-0.05, 0) is 74.3 Å². The van der Waals surface area contributed by atoms with Gasteiger partial charge in [-0.25, -0.2) is 0 Å². The van der Waals surface area contributed by atoms with Crippen molar-refractivity contribution in [3.8, 4) is 0 Å². The van der Waals surface area contributed by atoms with E-state index in [0.717, 1.165) is 55.1 Å². The molecule has 0 amide bonds. The number of hydrogen-bond donors (Lipinski definition) is 2. The molecule has 3 aliphatic rings.